The van der Waals surface area contributed by atoms with Crippen LogP contribution in [0.1, 0.15) is 16.9 Å². The minimum atomic E-state index is -0.572. The fourth-order valence-corrected chi connectivity index (χ4v) is 2.17. The van der Waals surface area contributed by atoms with Gasteiger partial charge >= 0.3 is 0 Å². The van der Waals surface area contributed by atoms with E-state index in [1.807, 2.05) is 24.3 Å². The van der Waals surface area contributed by atoms with Crippen molar-refractivity contribution in [3.8, 4) is 5.75 Å². The van der Waals surface area contributed by atoms with Crippen molar-refractivity contribution in [3.63, 3.8) is 0 Å². The van der Waals surface area contributed by atoms with Crippen LogP contribution in [-0.2, 0) is 4.79 Å². The molecule has 0 bridgehead atoms. The third kappa shape index (κ3) is 4.78. The standard InChI is InChI=1S/C14H14IN3O3/c15-9-2-1-3-11(6-9)21-5-4-13(19)18-10-7-12(14(16)20)17-8-10/h1-3,6-8,17H,4-5H2,(H2,16,20)(H,18,19). The summed E-state index contributed by atoms with van der Waals surface area (Å²) in [5.74, 6) is -0.0412. The van der Waals surface area contributed by atoms with Gasteiger partial charge in [0, 0.05) is 9.77 Å². The fourth-order valence-electron chi connectivity index (χ4n) is 1.65. The van der Waals surface area contributed by atoms with E-state index in [1.165, 1.54) is 12.3 Å². The van der Waals surface area contributed by atoms with Crippen molar-refractivity contribution in [3.05, 3.63) is 45.8 Å². The van der Waals surface area contributed by atoms with Crippen molar-refractivity contribution in [1.82, 2.24) is 4.98 Å². The molecule has 1 aromatic heterocycles. The largest absolute Gasteiger partial charge is 0.493 e. The Labute approximate surface area is 135 Å². The van der Waals surface area contributed by atoms with Crippen molar-refractivity contribution >= 4 is 40.1 Å². The molecule has 0 saturated heterocycles. The van der Waals surface area contributed by atoms with E-state index in [4.69, 9.17) is 10.5 Å². The number of nitrogens with one attached hydrogen (secondary N) is 2. The molecule has 0 atom stereocenters. The molecule has 21 heavy (non-hydrogen) atoms. The molecule has 0 radical (unpaired) electrons. The van der Waals surface area contributed by atoms with Crippen molar-refractivity contribution in [2.45, 2.75) is 6.42 Å². The van der Waals surface area contributed by atoms with Crippen LogP contribution in [-0.4, -0.2) is 23.4 Å². The maximum Gasteiger partial charge on any atom is 0.265 e. The highest BCUT2D eigenvalue weighted by Gasteiger charge is 2.07. The van der Waals surface area contributed by atoms with Gasteiger partial charge < -0.3 is 20.8 Å². The number of primary amides is 1. The van der Waals surface area contributed by atoms with E-state index in [9.17, 15) is 9.59 Å². The Balaban J connectivity index is 1.78. The molecule has 2 rings (SSSR count). The van der Waals surface area contributed by atoms with E-state index in [1.54, 1.807) is 0 Å². The Morgan fingerprint density at radius 1 is 1.33 bits per heavy atom. The molecule has 110 valence electrons. The molecule has 1 aromatic carbocycles. The average molecular weight is 399 g/mol. The second-order valence-electron chi connectivity index (χ2n) is 4.27. The highest BCUT2D eigenvalue weighted by Crippen LogP contribution is 2.15. The topological polar surface area (TPSA) is 97.2 Å². The molecule has 0 fully saturated rings. The number of benzene rings is 1. The number of carbonyl (C=O) groups excluding carboxylic acids is 2. The molecule has 0 saturated carbocycles. The molecule has 6 nitrogen and oxygen atoms in total. The van der Waals surface area contributed by atoms with Crippen LogP contribution in [0.5, 0.6) is 5.75 Å². The highest BCUT2D eigenvalue weighted by molar-refractivity contribution is 14.1. The number of carbonyl (C=O) groups is 2. The Hall–Kier alpha value is -2.03. The maximum atomic E-state index is 11.7. The molecule has 4 N–H and O–H groups in total. The van der Waals surface area contributed by atoms with Crippen molar-refractivity contribution in [2.75, 3.05) is 11.9 Å². The number of aromatic nitrogens is 1. The van der Waals surface area contributed by atoms with Gasteiger partial charge in [-0.25, -0.2) is 0 Å². The number of halogens is 1. The number of aromatic amines is 1. The quantitative estimate of drug-likeness (QED) is 0.650. The minimum absolute atomic E-state index is 0.198. The van der Waals surface area contributed by atoms with Gasteiger partial charge in [-0.1, -0.05) is 6.07 Å². The Morgan fingerprint density at radius 3 is 2.81 bits per heavy atom. The Morgan fingerprint density at radius 2 is 2.14 bits per heavy atom. The first-order valence-corrected chi connectivity index (χ1v) is 7.29. The molecule has 0 aliphatic rings. The second kappa shape index (κ2) is 7.11. The zero-order valence-electron chi connectivity index (χ0n) is 11.1. The summed E-state index contributed by atoms with van der Waals surface area (Å²) in [4.78, 5) is 25.3. The molecule has 7 heteroatoms. The van der Waals surface area contributed by atoms with Crippen molar-refractivity contribution in [2.24, 2.45) is 5.73 Å². The van der Waals surface area contributed by atoms with E-state index in [0.717, 1.165) is 9.32 Å². The first-order valence-electron chi connectivity index (χ1n) is 6.21. The lowest BCUT2D eigenvalue weighted by Gasteiger charge is -2.06. The van der Waals surface area contributed by atoms with Gasteiger partial charge in [0.05, 0.1) is 18.7 Å². The molecule has 2 aromatic rings. The van der Waals surface area contributed by atoms with Gasteiger partial charge in [0.25, 0.3) is 5.91 Å². The molecular weight excluding hydrogens is 385 g/mol. The summed E-state index contributed by atoms with van der Waals surface area (Å²) < 4.78 is 6.56. The predicted molar refractivity (Wildman–Crippen MR) is 87.2 cm³/mol. The summed E-state index contributed by atoms with van der Waals surface area (Å²) in [6.45, 7) is 0.277. The van der Waals surface area contributed by atoms with E-state index < -0.39 is 5.91 Å². The molecular formula is C14H14IN3O3. The van der Waals surface area contributed by atoms with Crippen molar-refractivity contribution in [1.29, 1.82) is 0 Å². The monoisotopic (exact) mass is 399 g/mol. The lowest BCUT2D eigenvalue weighted by molar-refractivity contribution is -0.116. The van der Waals surface area contributed by atoms with Gasteiger partial charge in [-0.3, -0.25) is 9.59 Å². The molecule has 1 heterocycles. The number of hydrogen-bond acceptors (Lipinski definition) is 3. The number of ether oxygens (including phenoxy) is 1. The maximum absolute atomic E-state index is 11.7. The van der Waals surface area contributed by atoms with Crippen LogP contribution in [0.4, 0.5) is 5.69 Å². The Bertz CT molecular complexity index is 654. The number of rotatable bonds is 6. The van der Waals surface area contributed by atoms with Crippen LogP contribution in [0.3, 0.4) is 0 Å². The van der Waals surface area contributed by atoms with Gasteiger partial charge in [0.2, 0.25) is 5.91 Å². The Kier molecular flexibility index (Phi) is 5.20. The summed E-state index contributed by atoms with van der Waals surface area (Å²) in [6, 6.07) is 9.07. The van der Waals surface area contributed by atoms with Crippen LogP contribution in [0.15, 0.2) is 36.5 Å². The molecule has 0 aliphatic heterocycles. The van der Waals surface area contributed by atoms with Crippen LogP contribution in [0, 0.1) is 3.57 Å². The third-order valence-corrected chi connectivity index (χ3v) is 3.30. The van der Waals surface area contributed by atoms with E-state index >= 15 is 0 Å². The van der Waals surface area contributed by atoms with Crippen LogP contribution < -0.4 is 15.8 Å². The lowest BCUT2D eigenvalue weighted by Crippen LogP contribution is -2.15. The summed E-state index contributed by atoms with van der Waals surface area (Å²) in [6.07, 6.45) is 1.72. The zero-order chi connectivity index (χ0) is 15.2. The molecule has 0 spiro atoms. The van der Waals surface area contributed by atoms with Crippen LogP contribution in [0.2, 0.25) is 0 Å². The van der Waals surface area contributed by atoms with Gasteiger partial charge in [0.1, 0.15) is 11.4 Å². The average Bonchev–Trinajstić information content (AvgIpc) is 2.87. The molecule has 2 amide bonds. The third-order valence-electron chi connectivity index (χ3n) is 2.63. The summed E-state index contributed by atoms with van der Waals surface area (Å²) in [5, 5.41) is 2.66. The van der Waals surface area contributed by atoms with Gasteiger partial charge in [-0.2, -0.15) is 0 Å². The summed E-state index contributed by atoms with van der Waals surface area (Å²) in [7, 11) is 0. The van der Waals surface area contributed by atoms with E-state index in [-0.39, 0.29) is 24.6 Å². The van der Waals surface area contributed by atoms with Gasteiger partial charge in [0.15, 0.2) is 0 Å². The molecule has 0 unspecified atom stereocenters. The number of H-pyrrole nitrogens is 1. The second-order valence-corrected chi connectivity index (χ2v) is 5.52. The number of nitrogens with two attached hydrogens (primary N) is 1. The first-order chi connectivity index (χ1) is 10.0. The predicted octanol–water partition coefficient (Wildman–Crippen LogP) is 2.13. The van der Waals surface area contributed by atoms with Crippen LogP contribution >= 0.6 is 22.6 Å². The van der Waals surface area contributed by atoms with Gasteiger partial charge in [-0.05, 0) is 46.9 Å². The zero-order valence-corrected chi connectivity index (χ0v) is 13.2. The number of amides is 2. The number of anilines is 1. The van der Waals surface area contributed by atoms with Crippen molar-refractivity contribution < 1.29 is 14.3 Å². The minimum Gasteiger partial charge on any atom is -0.493 e. The summed E-state index contributed by atoms with van der Waals surface area (Å²) >= 11 is 2.19. The first kappa shape index (κ1) is 15.4. The van der Waals surface area contributed by atoms with Gasteiger partial charge in [-0.15, -0.1) is 0 Å². The molecule has 0 aliphatic carbocycles. The van der Waals surface area contributed by atoms with E-state index in [0.29, 0.717) is 5.69 Å². The van der Waals surface area contributed by atoms with E-state index in [2.05, 4.69) is 32.9 Å². The number of hydrogen-bond donors (Lipinski definition) is 3. The fraction of sp³-hybridized carbons (Fsp3) is 0.143. The van der Waals surface area contributed by atoms with Crippen LogP contribution in [0.25, 0.3) is 0 Å². The summed E-state index contributed by atoms with van der Waals surface area (Å²) in [5.41, 5.74) is 5.86. The highest BCUT2D eigenvalue weighted by atomic mass is 127. The smallest absolute Gasteiger partial charge is 0.265 e. The SMILES string of the molecule is NC(=O)c1cc(NC(=O)CCOc2cccc(I)c2)c[nH]1. The lowest BCUT2D eigenvalue weighted by atomic mass is 10.3. The normalized spacial score (nSPS) is 10.1.